The van der Waals surface area contributed by atoms with Gasteiger partial charge in [-0.2, -0.15) is 0 Å². The molecule has 2 aromatic rings. The Kier molecular flexibility index (Phi) is 6.08. The monoisotopic (exact) mass is 367 g/mol. The molecule has 1 fully saturated rings. The molecule has 2 aromatic carbocycles. The first-order valence-electron chi connectivity index (χ1n) is 9.10. The summed E-state index contributed by atoms with van der Waals surface area (Å²) in [7, 11) is 1.75. The Labute approximate surface area is 159 Å². The normalized spacial score (nSPS) is 13.3. The van der Waals surface area contributed by atoms with Crippen molar-refractivity contribution < 1.29 is 14.3 Å². The molecule has 0 aliphatic heterocycles. The summed E-state index contributed by atoms with van der Waals surface area (Å²) in [4.78, 5) is 25.6. The number of hydrogen-bond donors (Lipinski definition) is 2. The second-order valence-corrected chi connectivity index (χ2v) is 7.00. The van der Waals surface area contributed by atoms with Crippen LogP contribution in [0.15, 0.2) is 48.5 Å². The van der Waals surface area contributed by atoms with Crippen molar-refractivity contribution in [3.05, 3.63) is 54.1 Å². The van der Waals surface area contributed by atoms with Crippen LogP contribution in [-0.2, 0) is 9.59 Å². The van der Waals surface area contributed by atoms with Crippen molar-refractivity contribution in [1.29, 1.82) is 0 Å². The first-order valence-corrected chi connectivity index (χ1v) is 9.10. The Balaban J connectivity index is 1.44. The largest absolute Gasteiger partial charge is 0.457 e. The Morgan fingerprint density at radius 2 is 1.52 bits per heavy atom. The van der Waals surface area contributed by atoms with Crippen molar-refractivity contribution in [2.24, 2.45) is 0 Å². The smallest absolute Gasteiger partial charge is 0.238 e. The third-order valence-electron chi connectivity index (χ3n) is 4.16. The topological polar surface area (TPSA) is 70.7 Å². The number of benzene rings is 2. The van der Waals surface area contributed by atoms with Gasteiger partial charge in [0.1, 0.15) is 11.5 Å². The van der Waals surface area contributed by atoms with Gasteiger partial charge in [0, 0.05) is 11.7 Å². The summed E-state index contributed by atoms with van der Waals surface area (Å²) >= 11 is 0. The molecule has 1 aliphatic rings. The van der Waals surface area contributed by atoms with Crippen LogP contribution in [0.25, 0.3) is 0 Å². The number of likely N-dealkylation sites (N-methyl/N-ethyl adjacent to an activating group) is 1. The Bertz CT molecular complexity index is 783. The lowest BCUT2D eigenvalue weighted by Gasteiger charge is -2.16. The van der Waals surface area contributed by atoms with Gasteiger partial charge in [-0.1, -0.05) is 17.7 Å². The average Bonchev–Trinajstić information content (AvgIpc) is 3.42. The number of anilines is 1. The van der Waals surface area contributed by atoms with Gasteiger partial charge in [0.2, 0.25) is 11.8 Å². The van der Waals surface area contributed by atoms with E-state index in [0.29, 0.717) is 17.5 Å². The minimum Gasteiger partial charge on any atom is -0.457 e. The molecule has 0 spiro atoms. The van der Waals surface area contributed by atoms with Crippen molar-refractivity contribution in [3.8, 4) is 11.5 Å². The van der Waals surface area contributed by atoms with Crippen LogP contribution >= 0.6 is 0 Å². The molecule has 2 amide bonds. The van der Waals surface area contributed by atoms with E-state index >= 15 is 0 Å². The predicted molar refractivity (Wildman–Crippen MR) is 105 cm³/mol. The van der Waals surface area contributed by atoms with E-state index < -0.39 is 0 Å². The molecule has 0 aromatic heterocycles. The van der Waals surface area contributed by atoms with Crippen LogP contribution in [0.4, 0.5) is 5.69 Å². The number of amides is 2. The quantitative estimate of drug-likeness (QED) is 0.753. The van der Waals surface area contributed by atoms with Crippen molar-refractivity contribution in [1.82, 2.24) is 10.2 Å². The first-order chi connectivity index (χ1) is 13.0. The van der Waals surface area contributed by atoms with Crippen LogP contribution in [-0.4, -0.2) is 42.9 Å². The molecule has 0 unspecified atom stereocenters. The number of rotatable bonds is 8. The number of ether oxygens (including phenoxy) is 1. The fourth-order valence-electron chi connectivity index (χ4n) is 2.60. The predicted octanol–water partition coefficient (Wildman–Crippen LogP) is 2.94. The van der Waals surface area contributed by atoms with Crippen LogP contribution in [0.3, 0.4) is 0 Å². The number of nitrogens with one attached hydrogen (secondary N) is 2. The van der Waals surface area contributed by atoms with Crippen LogP contribution in [0.2, 0.25) is 0 Å². The second kappa shape index (κ2) is 8.68. The van der Waals surface area contributed by atoms with Crippen LogP contribution in [0, 0.1) is 6.92 Å². The van der Waals surface area contributed by atoms with E-state index in [-0.39, 0.29) is 24.9 Å². The van der Waals surface area contributed by atoms with Crippen molar-refractivity contribution in [2.75, 3.05) is 25.5 Å². The molecular weight excluding hydrogens is 342 g/mol. The molecule has 0 bridgehead atoms. The lowest BCUT2D eigenvalue weighted by Crippen LogP contribution is -2.39. The van der Waals surface area contributed by atoms with Crippen molar-refractivity contribution in [3.63, 3.8) is 0 Å². The zero-order valence-corrected chi connectivity index (χ0v) is 15.7. The molecule has 2 N–H and O–H groups in total. The number of aryl methyl sites for hydroxylation is 1. The van der Waals surface area contributed by atoms with Gasteiger partial charge in [0.15, 0.2) is 0 Å². The molecule has 1 saturated carbocycles. The number of nitrogens with zero attached hydrogens (tertiary/aromatic N) is 1. The fourth-order valence-corrected chi connectivity index (χ4v) is 2.60. The molecule has 1 aliphatic carbocycles. The summed E-state index contributed by atoms with van der Waals surface area (Å²) < 4.78 is 5.77. The number of carbonyl (C=O) groups is 2. The zero-order valence-electron chi connectivity index (χ0n) is 15.7. The molecular formula is C21H25N3O3. The van der Waals surface area contributed by atoms with Gasteiger partial charge in [-0.3, -0.25) is 14.5 Å². The Morgan fingerprint density at radius 1 is 0.963 bits per heavy atom. The van der Waals surface area contributed by atoms with Gasteiger partial charge in [-0.15, -0.1) is 0 Å². The van der Waals surface area contributed by atoms with E-state index in [1.165, 1.54) is 5.56 Å². The Hall–Kier alpha value is -2.86. The molecule has 6 heteroatoms. The zero-order chi connectivity index (χ0) is 19.2. The summed E-state index contributed by atoms with van der Waals surface area (Å²) in [5, 5.41) is 5.74. The summed E-state index contributed by atoms with van der Waals surface area (Å²) in [6.45, 7) is 2.39. The van der Waals surface area contributed by atoms with Gasteiger partial charge < -0.3 is 15.4 Å². The average molecular weight is 367 g/mol. The highest BCUT2D eigenvalue weighted by Gasteiger charge is 2.23. The van der Waals surface area contributed by atoms with E-state index in [0.717, 1.165) is 18.6 Å². The number of carbonyl (C=O) groups excluding carboxylic acids is 2. The molecule has 27 heavy (non-hydrogen) atoms. The van der Waals surface area contributed by atoms with Gasteiger partial charge >= 0.3 is 0 Å². The molecule has 0 atom stereocenters. The van der Waals surface area contributed by atoms with E-state index in [9.17, 15) is 9.59 Å². The SMILES string of the molecule is Cc1ccc(Oc2ccc(NC(=O)CN(C)CC(=O)NC3CC3)cc2)cc1. The van der Waals surface area contributed by atoms with E-state index in [1.54, 1.807) is 24.1 Å². The summed E-state index contributed by atoms with van der Waals surface area (Å²) in [5.41, 5.74) is 1.86. The lowest BCUT2D eigenvalue weighted by molar-refractivity contribution is -0.123. The molecule has 142 valence electrons. The molecule has 0 heterocycles. The maximum absolute atomic E-state index is 12.1. The fraction of sp³-hybridized carbons (Fsp3) is 0.333. The summed E-state index contributed by atoms with van der Waals surface area (Å²) in [5.74, 6) is 1.27. The standard InChI is InChI=1S/C21H25N3O3/c1-15-3-9-18(10-4-15)27-19-11-7-17(8-12-19)23-21(26)14-24(2)13-20(25)22-16-5-6-16/h3-4,7-12,16H,5-6,13-14H2,1-2H3,(H,22,25)(H,23,26). The minimum atomic E-state index is -0.163. The van der Waals surface area contributed by atoms with Crippen molar-refractivity contribution in [2.45, 2.75) is 25.8 Å². The van der Waals surface area contributed by atoms with Crippen LogP contribution in [0.1, 0.15) is 18.4 Å². The van der Waals surface area contributed by atoms with Crippen LogP contribution in [0.5, 0.6) is 11.5 Å². The van der Waals surface area contributed by atoms with Gasteiger partial charge in [0.25, 0.3) is 0 Å². The lowest BCUT2D eigenvalue weighted by atomic mass is 10.2. The van der Waals surface area contributed by atoms with E-state index in [1.807, 2.05) is 43.3 Å². The molecule has 0 radical (unpaired) electrons. The highest BCUT2D eigenvalue weighted by molar-refractivity contribution is 5.92. The maximum Gasteiger partial charge on any atom is 0.238 e. The highest BCUT2D eigenvalue weighted by Crippen LogP contribution is 2.23. The van der Waals surface area contributed by atoms with Gasteiger partial charge in [-0.25, -0.2) is 0 Å². The summed E-state index contributed by atoms with van der Waals surface area (Å²) in [6.07, 6.45) is 2.11. The molecule has 3 rings (SSSR count). The first kappa shape index (κ1) is 18.9. The summed E-state index contributed by atoms with van der Waals surface area (Å²) in [6, 6.07) is 15.4. The minimum absolute atomic E-state index is 0.0367. The van der Waals surface area contributed by atoms with E-state index in [2.05, 4.69) is 10.6 Å². The Morgan fingerprint density at radius 3 is 2.11 bits per heavy atom. The molecule has 0 saturated heterocycles. The third kappa shape index (κ3) is 6.42. The van der Waals surface area contributed by atoms with Gasteiger partial charge in [0.05, 0.1) is 13.1 Å². The second-order valence-electron chi connectivity index (χ2n) is 7.00. The van der Waals surface area contributed by atoms with E-state index in [4.69, 9.17) is 4.74 Å². The number of hydrogen-bond acceptors (Lipinski definition) is 4. The molecule has 6 nitrogen and oxygen atoms in total. The highest BCUT2D eigenvalue weighted by atomic mass is 16.5. The van der Waals surface area contributed by atoms with Gasteiger partial charge in [-0.05, 0) is 63.2 Å². The van der Waals surface area contributed by atoms with Crippen molar-refractivity contribution >= 4 is 17.5 Å². The third-order valence-corrected chi connectivity index (χ3v) is 4.16. The maximum atomic E-state index is 12.1. The van der Waals surface area contributed by atoms with Crippen LogP contribution < -0.4 is 15.4 Å².